The maximum absolute atomic E-state index is 14.3. The topological polar surface area (TPSA) is 15.3 Å². The number of hydrogen-bond donors (Lipinski definition) is 1. The number of piperazine rings is 1. The zero-order valence-electron chi connectivity index (χ0n) is 11.9. The lowest BCUT2D eigenvalue weighted by atomic mass is 9.98. The van der Waals surface area contributed by atoms with E-state index in [9.17, 15) is 4.39 Å². The quantitative estimate of drug-likeness (QED) is 0.816. The van der Waals surface area contributed by atoms with E-state index in [1.807, 2.05) is 6.07 Å². The summed E-state index contributed by atoms with van der Waals surface area (Å²) in [7, 11) is 0. The van der Waals surface area contributed by atoms with Crippen molar-refractivity contribution in [2.75, 3.05) is 26.2 Å². The molecule has 2 aliphatic rings. The van der Waals surface area contributed by atoms with Gasteiger partial charge >= 0.3 is 0 Å². The number of halogens is 4. The molecule has 1 N–H and O–H groups in total. The summed E-state index contributed by atoms with van der Waals surface area (Å²) in [5, 5.41) is 3.37. The van der Waals surface area contributed by atoms with Crippen LogP contribution in [0.15, 0.2) is 22.7 Å². The zero-order chi connectivity index (χ0) is 13.2. The van der Waals surface area contributed by atoms with Crippen LogP contribution >= 0.6 is 40.7 Å². The molecule has 1 saturated heterocycles. The SMILES string of the molecule is Cl.Cl.Fc1cccc(Br)c1[C@@H](CC1CC1)N1CCNCC1. The molecule has 2 nitrogen and oxygen atoms in total. The summed E-state index contributed by atoms with van der Waals surface area (Å²) in [6.07, 6.45) is 3.73. The van der Waals surface area contributed by atoms with Gasteiger partial charge in [0.1, 0.15) is 5.82 Å². The van der Waals surface area contributed by atoms with E-state index in [4.69, 9.17) is 0 Å². The molecule has 0 amide bonds. The maximum Gasteiger partial charge on any atom is 0.129 e. The van der Waals surface area contributed by atoms with Crippen molar-refractivity contribution in [2.24, 2.45) is 5.92 Å². The Morgan fingerprint density at radius 1 is 1.24 bits per heavy atom. The van der Waals surface area contributed by atoms with Crippen molar-refractivity contribution in [2.45, 2.75) is 25.3 Å². The standard InChI is InChI=1S/C15H20BrFN2.2ClH/c16-12-2-1-3-13(17)15(12)14(10-11-4-5-11)19-8-6-18-7-9-19;;/h1-3,11,14,18H,4-10H2;2*1H/t14-;;/m1../s1. The third kappa shape index (κ3) is 4.80. The summed E-state index contributed by atoms with van der Waals surface area (Å²) in [6.45, 7) is 4.04. The third-order valence-corrected chi connectivity index (χ3v) is 4.87. The van der Waals surface area contributed by atoms with E-state index in [1.54, 1.807) is 12.1 Å². The minimum atomic E-state index is -0.0708. The van der Waals surface area contributed by atoms with Crippen LogP contribution in [0.2, 0.25) is 0 Å². The summed E-state index contributed by atoms with van der Waals surface area (Å²) in [6, 6.07) is 5.54. The van der Waals surface area contributed by atoms with E-state index in [2.05, 4.69) is 26.1 Å². The first-order chi connectivity index (χ1) is 9.25. The van der Waals surface area contributed by atoms with Gasteiger partial charge in [0.2, 0.25) is 0 Å². The normalized spacial score (nSPS) is 20.3. The van der Waals surface area contributed by atoms with Crippen LogP contribution in [-0.2, 0) is 0 Å². The molecule has 1 aliphatic heterocycles. The number of nitrogens with one attached hydrogen (secondary N) is 1. The minimum absolute atomic E-state index is 0. The molecular formula is C15H22BrCl2FN2. The van der Waals surface area contributed by atoms with Crippen molar-refractivity contribution in [3.05, 3.63) is 34.1 Å². The summed E-state index contributed by atoms with van der Waals surface area (Å²) in [5.74, 6) is 0.727. The monoisotopic (exact) mass is 398 g/mol. The average molecular weight is 400 g/mol. The van der Waals surface area contributed by atoms with Crippen molar-refractivity contribution < 1.29 is 4.39 Å². The van der Waals surface area contributed by atoms with Gasteiger partial charge in [0.15, 0.2) is 0 Å². The molecule has 1 aliphatic carbocycles. The molecule has 1 atom stereocenters. The molecule has 0 radical (unpaired) electrons. The summed E-state index contributed by atoms with van der Waals surface area (Å²) in [5.41, 5.74) is 0.858. The van der Waals surface area contributed by atoms with E-state index in [0.717, 1.165) is 48.6 Å². The van der Waals surface area contributed by atoms with Crippen molar-refractivity contribution in [3.63, 3.8) is 0 Å². The molecule has 0 bridgehead atoms. The number of benzene rings is 1. The predicted octanol–water partition coefficient (Wildman–Crippen LogP) is 4.18. The molecule has 120 valence electrons. The van der Waals surface area contributed by atoms with Gasteiger partial charge in [0, 0.05) is 42.3 Å². The predicted molar refractivity (Wildman–Crippen MR) is 93.1 cm³/mol. The van der Waals surface area contributed by atoms with Crippen LogP contribution in [0.25, 0.3) is 0 Å². The van der Waals surface area contributed by atoms with Crippen LogP contribution in [0.1, 0.15) is 30.9 Å². The van der Waals surface area contributed by atoms with Crippen molar-refractivity contribution in [1.29, 1.82) is 0 Å². The molecule has 1 saturated carbocycles. The molecule has 1 aromatic carbocycles. The first kappa shape index (κ1) is 19.2. The fourth-order valence-corrected chi connectivity index (χ4v) is 3.55. The molecule has 0 unspecified atom stereocenters. The highest BCUT2D eigenvalue weighted by molar-refractivity contribution is 9.10. The first-order valence-electron chi connectivity index (χ1n) is 7.14. The number of nitrogens with zero attached hydrogens (tertiary/aromatic N) is 1. The molecule has 0 aromatic heterocycles. The summed E-state index contributed by atoms with van der Waals surface area (Å²) < 4.78 is 15.2. The van der Waals surface area contributed by atoms with Gasteiger partial charge in [-0.05, 0) is 24.5 Å². The molecule has 3 rings (SSSR count). The second kappa shape index (κ2) is 8.68. The number of hydrogen-bond acceptors (Lipinski definition) is 2. The van der Waals surface area contributed by atoms with Gasteiger partial charge in [0.25, 0.3) is 0 Å². The Hall–Kier alpha value is 0.130. The van der Waals surface area contributed by atoms with Crippen LogP contribution in [-0.4, -0.2) is 31.1 Å². The minimum Gasteiger partial charge on any atom is -0.314 e. The fourth-order valence-electron chi connectivity index (χ4n) is 2.94. The van der Waals surface area contributed by atoms with Crippen LogP contribution in [0.5, 0.6) is 0 Å². The van der Waals surface area contributed by atoms with Gasteiger partial charge in [-0.1, -0.05) is 34.8 Å². The van der Waals surface area contributed by atoms with E-state index < -0.39 is 0 Å². The highest BCUT2D eigenvalue weighted by Crippen LogP contribution is 2.42. The van der Waals surface area contributed by atoms with Crippen LogP contribution in [0, 0.1) is 11.7 Å². The van der Waals surface area contributed by atoms with Gasteiger partial charge in [0.05, 0.1) is 0 Å². The van der Waals surface area contributed by atoms with Gasteiger partial charge in [-0.2, -0.15) is 0 Å². The second-order valence-electron chi connectivity index (χ2n) is 5.62. The summed E-state index contributed by atoms with van der Waals surface area (Å²) in [4.78, 5) is 2.44. The highest BCUT2D eigenvalue weighted by Gasteiger charge is 2.32. The Bertz CT molecular complexity index is 431. The van der Waals surface area contributed by atoms with Gasteiger partial charge in [-0.3, -0.25) is 4.90 Å². The summed E-state index contributed by atoms with van der Waals surface area (Å²) >= 11 is 3.54. The molecule has 0 spiro atoms. The lowest BCUT2D eigenvalue weighted by Gasteiger charge is -2.36. The molecule has 1 aromatic rings. The van der Waals surface area contributed by atoms with Crippen LogP contribution in [0.3, 0.4) is 0 Å². The Morgan fingerprint density at radius 3 is 2.48 bits per heavy atom. The van der Waals surface area contributed by atoms with E-state index in [1.165, 1.54) is 12.8 Å². The van der Waals surface area contributed by atoms with E-state index in [0.29, 0.717) is 0 Å². The Morgan fingerprint density at radius 2 is 1.90 bits per heavy atom. The van der Waals surface area contributed by atoms with Gasteiger partial charge in [-0.15, -0.1) is 24.8 Å². The van der Waals surface area contributed by atoms with Gasteiger partial charge in [-0.25, -0.2) is 4.39 Å². The van der Waals surface area contributed by atoms with Crippen molar-refractivity contribution in [3.8, 4) is 0 Å². The highest BCUT2D eigenvalue weighted by atomic mass is 79.9. The molecular weight excluding hydrogens is 378 g/mol. The smallest absolute Gasteiger partial charge is 0.129 e. The third-order valence-electron chi connectivity index (χ3n) is 4.18. The molecule has 2 fully saturated rings. The van der Waals surface area contributed by atoms with Crippen molar-refractivity contribution in [1.82, 2.24) is 10.2 Å². The van der Waals surface area contributed by atoms with Crippen molar-refractivity contribution >= 4 is 40.7 Å². The second-order valence-corrected chi connectivity index (χ2v) is 6.47. The lowest BCUT2D eigenvalue weighted by Crippen LogP contribution is -2.45. The van der Waals surface area contributed by atoms with E-state index in [-0.39, 0.29) is 36.7 Å². The van der Waals surface area contributed by atoms with E-state index >= 15 is 0 Å². The maximum atomic E-state index is 14.3. The van der Waals surface area contributed by atoms with Crippen LogP contribution in [0.4, 0.5) is 4.39 Å². The zero-order valence-corrected chi connectivity index (χ0v) is 15.1. The molecule has 21 heavy (non-hydrogen) atoms. The Balaban J connectivity index is 0.00000110. The Labute approximate surface area is 146 Å². The number of rotatable bonds is 4. The fraction of sp³-hybridized carbons (Fsp3) is 0.600. The molecule has 1 heterocycles. The van der Waals surface area contributed by atoms with Crippen LogP contribution < -0.4 is 5.32 Å². The first-order valence-corrected chi connectivity index (χ1v) is 7.93. The molecule has 6 heteroatoms. The Kier molecular flexibility index (Phi) is 7.93. The van der Waals surface area contributed by atoms with Gasteiger partial charge < -0.3 is 5.32 Å². The lowest BCUT2D eigenvalue weighted by molar-refractivity contribution is 0.157. The largest absolute Gasteiger partial charge is 0.314 e. The average Bonchev–Trinajstić information content (AvgIpc) is 3.22.